The Labute approximate surface area is 111 Å². The van der Waals surface area contributed by atoms with E-state index in [1.54, 1.807) is 30.3 Å². The first kappa shape index (κ1) is 12.5. The molecule has 4 heteroatoms. The van der Waals surface area contributed by atoms with Crippen molar-refractivity contribution in [2.24, 2.45) is 0 Å². The molecule has 2 aromatic rings. The molecule has 0 saturated carbocycles. The molecule has 0 fully saturated rings. The maximum atomic E-state index is 9.01. The molecule has 0 radical (unpaired) electrons. The highest BCUT2D eigenvalue weighted by molar-refractivity contribution is 5.54. The van der Waals surface area contributed by atoms with Crippen molar-refractivity contribution in [3.63, 3.8) is 0 Å². The van der Waals surface area contributed by atoms with Gasteiger partial charge < -0.3 is 10.5 Å². The van der Waals surface area contributed by atoms with Crippen LogP contribution in [0.25, 0.3) is 0 Å². The van der Waals surface area contributed by atoms with Gasteiger partial charge in [0, 0.05) is 5.69 Å². The van der Waals surface area contributed by atoms with E-state index in [1.807, 2.05) is 18.2 Å². The molecule has 0 unspecified atom stereocenters. The van der Waals surface area contributed by atoms with Crippen molar-refractivity contribution in [1.82, 2.24) is 0 Å². The van der Waals surface area contributed by atoms with Crippen molar-refractivity contribution >= 4 is 5.69 Å². The minimum absolute atomic E-state index is 0.367. The molecule has 0 amide bonds. The predicted octanol–water partition coefficient (Wildman–Crippen LogP) is 3.00. The lowest BCUT2D eigenvalue weighted by Crippen LogP contribution is -1.91. The van der Waals surface area contributed by atoms with Gasteiger partial charge in [0.2, 0.25) is 0 Å². The first-order chi connectivity index (χ1) is 9.22. The van der Waals surface area contributed by atoms with Gasteiger partial charge in [0.15, 0.2) is 0 Å². The van der Waals surface area contributed by atoms with Crippen molar-refractivity contribution in [2.45, 2.75) is 6.42 Å². The second kappa shape index (κ2) is 5.57. The first-order valence-corrected chi connectivity index (χ1v) is 5.66. The van der Waals surface area contributed by atoms with Gasteiger partial charge >= 0.3 is 0 Å². The summed E-state index contributed by atoms with van der Waals surface area (Å²) >= 11 is 0. The van der Waals surface area contributed by atoms with Crippen LogP contribution in [0.2, 0.25) is 0 Å². The van der Waals surface area contributed by atoms with Gasteiger partial charge in [-0.05, 0) is 35.9 Å². The smallest absolute Gasteiger partial charge is 0.145 e. The monoisotopic (exact) mass is 249 g/mol. The molecule has 2 N–H and O–H groups in total. The van der Waals surface area contributed by atoms with Crippen molar-refractivity contribution in [2.75, 3.05) is 5.73 Å². The summed E-state index contributed by atoms with van der Waals surface area (Å²) in [6.07, 6.45) is 0.367. The molecule has 0 heterocycles. The summed E-state index contributed by atoms with van der Waals surface area (Å²) in [5, 5.41) is 17.6. The topological polar surface area (TPSA) is 82.8 Å². The van der Waals surface area contributed by atoms with Crippen molar-refractivity contribution in [3.05, 3.63) is 53.6 Å². The molecule has 92 valence electrons. The number of nitrogens with zero attached hydrogens (tertiary/aromatic N) is 2. The van der Waals surface area contributed by atoms with Crippen LogP contribution in [0.5, 0.6) is 11.5 Å². The van der Waals surface area contributed by atoms with Gasteiger partial charge in [0.05, 0.1) is 18.1 Å². The van der Waals surface area contributed by atoms with Crippen LogP contribution in [-0.4, -0.2) is 0 Å². The van der Waals surface area contributed by atoms with E-state index in [0.717, 1.165) is 5.56 Å². The summed E-state index contributed by atoms with van der Waals surface area (Å²) in [5.41, 5.74) is 7.45. The lowest BCUT2D eigenvalue weighted by molar-refractivity contribution is 0.481. The Balaban J connectivity index is 2.22. The number of nitrogen functional groups attached to an aromatic ring is 1. The van der Waals surface area contributed by atoms with E-state index >= 15 is 0 Å². The zero-order chi connectivity index (χ0) is 13.7. The van der Waals surface area contributed by atoms with Crippen LogP contribution in [0.3, 0.4) is 0 Å². The zero-order valence-corrected chi connectivity index (χ0v) is 10.1. The van der Waals surface area contributed by atoms with Gasteiger partial charge in [-0.2, -0.15) is 10.5 Å². The quantitative estimate of drug-likeness (QED) is 0.847. The van der Waals surface area contributed by atoms with Crippen LogP contribution in [0, 0.1) is 22.7 Å². The highest BCUT2D eigenvalue weighted by atomic mass is 16.5. The highest BCUT2D eigenvalue weighted by Crippen LogP contribution is 2.26. The second-order valence-corrected chi connectivity index (χ2v) is 3.95. The summed E-state index contributed by atoms with van der Waals surface area (Å²) < 4.78 is 5.63. The maximum Gasteiger partial charge on any atom is 0.145 e. The Kier molecular flexibility index (Phi) is 3.66. The van der Waals surface area contributed by atoms with E-state index in [4.69, 9.17) is 21.0 Å². The molecule has 0 spiro atoms. The van der Waals surface area contributed by atoms with Crippen LogP contribution in [-0.2, 0) is 6.42 Å². The van der Waals surface area contributed by atoms with Gasteiger partial charge in [-0.15, -0.1) is 0 Å². The molecule has 0 bridgehead atoms. The number of nitriles is 2. The molecule has 19 heavy (non-hydrogen) atoms. The van der Waals surface area contributed by atoms with Crippen LogP contribution in [0.4, 0.5) is 5.69 Å². The standard InChI is InChI=1S/C15H11N3O/c16-8-7-11-1-4-14(5-2-11)19-15-6-3-13(18)9-12(15)10-17/h1-6,9H,7,18H2. The van der Waals surface area contributed by atoms with Crippen molar-refractivity contribution in [3.8, 4) is 23.6 Å². The lowest BCUT2D eigenvalue weighted by Gasteiger charge is -2.08. The van der Waals surface area contributed by atoms with E-state index in [0.29, 0.717) is 29.2 Å². The maximum absolute atomic E-state index is 9.01. The summed E-state index contributed by atoms with van der Waals surface area (Å²) in [5.74, 6) is 1.08. The Bertz CT molecular complexity index is 663. The van der Waals surface area contributed by atoms with Gasteiger partial charge in [0.1, 0.15) is 17.6 Å². The van der Waals surface area contributed by atoms with Crippen LogP contribution in [0.15, 0.2) is 42.5 Å². The Morgan fingerprint density at radius 2 is 1.79 bits per heavy atom. The molecule has 2 aromatic carbocycles. The number of nitrogens with two attached hydrogens (primary N) is 1. The van der Waals surface area contributed by atoms with Gasteiger partial charge in [-0.25, -0.2) is 0 Å². The van der Waals surface area contributed by atoms with Crippen molar-refractivity contribution in [1.29, 1.82) is 10.5 Å². The summed E-state index contributed by atoms with van der Waals surface area (Å²) in [6, 6.07) is 16.2. The van der Waals surface area contributed by atoms with E-state index in [9.17, 15) is 0 Å². The molecule has 0 saturated heterocycles. The second-order valence-electron chi connectivity index (χ2n) is 3.95. The fourth-order valence-electron chi connectivity index (χ4n) is 1.62. The van der Waals surface area contributed by atoms with E-state index in [-0.39, 0.29) is 0 Å². The third-order valence-corrected chi connectivity index (χ3v) is 2.56. The van der Waals surface area contributed by atoms with Crippen molar-refractivity contribution < 1.29 is 4.74 Å². The number of rotatable bonds is 3. The largest absolute Gasteiger partial charge is 0.456 e. The molecule has 0 aliphatic carbocycles. The van der Waals surface area contributed by atoms with E-state index in [1.165, 1.54) is 0 Å². The minimum Gasteiger partial charge on any atom is -0.456 e. The molecular formula is C15H11N3O. The van der Waals surface area contributed by atoms with E-state index in [2.05, 4.69) is 6.07 Å². The third-order valence-electron chi connectivity index (χ3n) is 2.56. The lowest BCUT2D eigenvalue weighted by atomic mass is 10.1. The fraction of sp³-hybridized carbons (Fsp3) is 0.0667. The third kappa shape index (κ3) is 3.02. The van der Waals surface area contributed by atoms with Crippen LogP contribution in [0.1, 0.15) is 11.1 Å². The Morgan fingerprint density at radius 1 is 1.05 bits per heavy atom. The summed E-state index contributed by atoms with van der Waals surface area (Å²) in [7, 11) is 0. The first-order valence-electron chi connectivity index (χ1n) is 5.66. The predicted molar refractivity (Wildman–Crippen MR) is 71.4 cm³/mol. The molecule has 0 atom stereocenters. The average molecular weight is 249 g/mol. The number of hydrogen-bond acceptors (Lipinski definition) is 4. The molecule has 2 rings (SSSR count). The molecule has 0 aromatic heterocycles. The highest BCUT2D eigenvalue weighted by Gasteiger charge is 2.05. The molecule has 0 aliphatic rings. The van der Waals surface area contributed by atoms with E-state index < -0.39 is 0 Å². The normalized spacial score (nSPS) is 9.37. The molecule has 0 aliphatic heterocycles. The number of benzene rings is 2. The minimum atomic E-state index is 0.367. The average Bonchev–Trinajstić information content (AvgIpc) is 2.43. The van der Waals surface area contributed by atoms with Crippen LogP contribution < -0.4 is 10.5 Å². The van der Waals surface area contributed by atoms with Gasteiger partial charge in [-0.3, -0.25) is 0 Å². The summed E-state index contributed by atoms with van der Waals surface area (Å²) in [4.78, 5) is 0. The van der Waals surface area contributed by atoms with Crippen LogP contribution >= 0.6 is 0 Å². The SMILES string of the molecule is N#CCc1ccc(Oc2ccc(N)cc2C#N)cc1. The number of hydrogen-bond donors (Lipinski definition) is 1. The fourth-order valence-corrected chi connectivity index (χ4v) is 1.62. The van der Waals surface area contributed by atoms with Gasteiger partial charge in [0.25, 0.3) is 0 Å². The zero-order valence-electron chi connectivity index (χ0n) is 10.1. The molecular weight excluding hydrogens is 238 g/mol. The summed E-state index contributed by atoms with van der Waals surface area (Å²) in [6.45, 7) is 0. The Hall–Kier alpha value is -2.98. The number of ether oxygens (including phenoxy) is 1. The number of anilines is 1. The van der Waals surface area contributed by atoms with Gasteiger partial charge in [-0.1, -0.05) is 12.1 Å². The molecule has 4 nitrogen and oxygen atoms in total. The Morgan fingerprint density at radius 3 is 2.42 bits per heavy atom.